The van der Waals surface area contributed by atoms with Crippen LogP contribution in [0.2, 0.25) is 0 Å². The third-order valence-electron chi connectivity index (χ3n) is 6.86. The minimum Gasteiger partial charge on any atom is -0.459 e. The number of anilines is 1. The van der Waals surface area contributed by atoms with Crippen molar-refractivity contribution in [3.8, 4) is 5.82 Å². The highest BCUT2D eigenvalue weighted by atomic mass is 35.5. The molecule has 1 saturated carbocycles. The number of carbonyl (C=O) groups is 2. The Bertz CT molecular complexity index is 1740. The number of nitrogens with one attached hydrogen (secondary N) is 1. The largest absolute Gasteiger partial charge is 0.459 e. The molecule has 1 atom stereocenters. The number of ether oxygens (including phenoxy) is 1. The second kappa shape index (κ2) is 11.4. The number of aryl methyl sites for hydroxylation is 1. The number of esters is 1. The van der Waals surface area contributed by atoms with Crippen LogP contribution in [0.15, 0.2) is 64.9 Å². The van der Waals surface area contributed by atoms with Crippen molar-refractivity contribution in [2.24, 2.45) is 0 Å². The van der Waals surface area contributed by atoms with Gasteiger partial charge in [-0.1, -0.05) is 23.2 Å². The molecule has 2 aromatic heterocycles. The van der Waals surface area contributed by atoms with Gasteiger partial charge in [0.25, 0.3) is 5.91 Å². The monoisotopic (exact) mass is 630 g/mol. The van der Waals surface area contributed by atoms with Gasteiger partial charge in [-0.2, -0.15) is 0 Å². The van der Waals surface area contributed by atoms with Crippen molar-refractivity contribution in [3.05, 3.63) is 76.1 Å². The molecule has 3 aromatic rings. The number of fused-ring (bicyclic) bond motifs is 1. The smallest absolute Gasteiger partial charge is 0.327 e. The molecule has 1 unspecified atom stereocenters. The third-order valence-corrected chi connectivity index (χ3v) is 9.38. The number of hydrogen-bond donors (Lipinski definition) is 1. The van der Waals surface area contributed by atoms with Gasteiger partial charge in [-0.3, -0.25) is 13.9 Å². The third kappa shape index (κ3) is 6.66. The van der Waals surface area contributed by atoms with Gasteiger partial charge in [0.05, 0.1) is 11.2 Å². The van der Waals surface area contributed by atoms with Crippen LogP contribution < -0.4 is 9.62 Å². The van der Waals surface area contributed by atoms with E-state index in [9.17, 15) is 18.0 Å². The van der Waals surface area contributed by atoms with Crippen molar-refractivity contribution in [2.75, 3.05) is 10.8 Å². The average Bonchev–Trinajstić information content (AvgIpc) is 3.66. The Labute approximate surface area is 255 Å². The lowest BCUT2D eigenvalue weighted by molar-refractivity contribution is -0.152. The highest BCUT2D eigenvalue weighted by Gasteiger charge is 2.36. The van der Waals surface area contributed by atoms with E-state index < -0.39 is 33.4 Å². The standard InChI is InChI=1S/C30H32Cl2N4O5S/c1-18-16-35(27-11-19(9-10-33-27)29(38)34-22-5-6-22)26-8-7-23(15-25(18)26)36(17-28(37)41-30(2,3)4)42(39,40)24-13-20(31)12-21(32)14-24/h7-13,15-16,22,24H,5-6,14,17H2,1-4H3,(H,34,38). The summed E-state index contributed by atoms with van der Waals surface area (Å²) in [5.74, 6) is -0.296. The van der Waals surface area contributed by atoms with Gasteiger partial charge in [-0.05, 0) is 88.6 Å². The quantitative estimate of drug-likeness (QED) is 0.319. The molecule has 42 heavy (non-hydrogen) atoms. The van der Waals surface area contributed by atoms with Crippen LogP contribution in [-0.4, -0.2) is 53.3 Å². The van der Waals surface area contributed by atoms with Gasteiger partial charge < -0.3 is 14.6 Å². The molecule has 0 saturated heterocycles. The highest BCUT2D eigenvalue weighted by molar-refractivity contribution is 7.93. The van der Waals surface area contributed by atoms with Crippen LogP contribution in [0, 0.1) is 6.92 Å². The minimum atomic E-state index is -4.16. The van der Waals surface area contributed by atoms with E-state index >= 15 is 0 Å². The van der Waals surface area contributed by atoms with Crippen LogP contribution in [0.25, 0.3) is 16.7 Å². The lowest BCUT2D eigenvalue weighted by Gasteiger charge is -2.30. The topological polar surface area (TPSA) is 111 Å². The van der Waals surface area contributed by atoms with E-state index in [1.165, 1.54) is 12.2 Å². The number of rotatable bonds is 8. The van der Waals surface area contributed by atoms with Gasteiger partial charge in [0, 0.05) is 45.9 Å². The Balaban J connectivity index is 1.54. The molecule has 2 aliphatic rings. The summed E-state index contributed by atoms with van der Waals surface area (Å²) < 4.78 is 36.4. The fraction of sp³-hybridized carbons (Fsp3) is 0.367. The van der Waals surface area contributed by atoms with E-state index in [2.05, 4.69) is 10.3 Å². The zero-order valence-corrected chi connectivity index (χ0v) is 26.1. The fourth-order valence-electron chi connectivity index (χ4n) is 4.77. The number of halogens is 2. The van der Waals surface area contributed by atoms with Crippen molar-refractivity contribution in [1.29, 1.82) is 0 Å². The van der Waals surface area contributed by atoms with Crippen LogP contribution in [0.5, 0.6) is 0 Å². The van der Waals surface area contributed by atoms with E-state index in [1.807, 2.05) is 17.7 Å². The first-order valence-corrected chi connectivity index (χ1v) is 15.8. The fourth-order valence-corrected chi connectivity index (χ4v) is 7.29. The van der Waals surface area contributed by atoms with E-state index in [4.69, 9.17) is 27.9 Å². The van der Waals surface area contributed by atoms with Crippen molar-refractivity contribution in [1.82, 2.24) is 14.9 Å². The number of aromatic nitrogens is 2. The molecule has 0 aliphatic heterocycles. The Kier molecular flexibility index (Phi) is 8.17. The van der Waals surface area contributed by atoms with Crippen LogP contribution in [-0.2, 0) is 19.6 Å². The molecule has 222 valence electrons. The predicted octanol–water partition coefficient (Wildman–Crippen LogP) is 5.72. The number of hydrogen-bond acceptors (Lipinski definition) is 6. The zero-order valence-electron chi connectivity index (χ0n) is 23.7. The van der Waals surface area contributed by atoms with Crippen LogP contribution in [0.3, 0.4) is 0 Å². The second-order valence-electron chi connectivity index (χ2n) is 11.6. The van der Waals surface area contributed by atoms with Gasteiger partial charge in [0.15, 0.2) is 0 Å². The molecule has 5 rings (SSSR count). The Morgan fingerprint density at radius 2 is 1.90 bits per heavy atom. The minimum absolute atomic E-state index is 0.0267. The predicted molar refractivity (Wildman–Crippen MR) is 165 cm³/mol. The Hall–Kier alpha value is -3.34. The van der Waals surface area contributed by atoms with Crippen molar-refractivity contribution in [3.63, 3.8) is 0 Å². The molecule has 1 aromatic carbocycles. The van der Waals surface area contributed by atoms with E-state index in [0.29, 0.717) is 16.4 Å². The van der Waals surface area contributed by atoms with E-state index in [1.54, 1.807) is 57.3 Å². The average molecular weight is 632 g/mol. The molecule has 2 heterocycles. The summed E-state index contributed by atoms with van der Waals surface area (Å²) in [4.78, 5) is 30.0. The number of pyridine rings is 1. The first-order chi connectivity index (χ1) is 19.7. The summed E-state index contributed by atoms with van der Waals surface area (Å²) in [7, 11) is -4.16. The Morgan fingerprint density at radius 1 is 1.17 bits per heavy atom. The summed E-state index contributed by atoms with van der Waals surface area (Å²) in [5, 5.41) is 3.18. The number of amides is 1. The van der Waals surface area contributed by atoms with Gasteiger partial charge in [0.1, 0.15) is 23.2 Å². The molecule has 9 nitrogen and oxygen atoms in total. The lowest BCUT2D eigenvalue weighted by atomic mass is 10.1. The number of carbonyl (C=O) groups excluding carboxylic acids is 2. The van der Waals surface area contributed by atoms with Crippen LogP contribution in [0.1, 0.15) is 56.0 Å². The van der Waals surface area contributed by atoms with Crippen LogP contribution >= 0.6 is 23.2 Å². The number of nitrogens with zero attached hydrogens (tertiary/aromatic N) is 3. The summed E-state index contributed by atoms with van der Waals surface area (Å²) >= 11 is 12.4. The molecule has 0 bridgehead atoms. The lowest BCUT2D eigenvalue weighted by Crippen LogP contribution is -2.43. The number of allylic oxidation sites excluding steroid dienone is 3. The molecule has 12 heteroatoms. The van der Waals surface area contributed by atoms with E-state index in [0.717, 1.165) is 33.6 Å². The second-order valence-corrected chi connectivity index (χ2v) is 14.6. The molecule has 1 amide bonds. The first-order valence-electron chi connectivity index (χ1n) is 13.6. The summed E-state index contributed by atoms with van der Waals surface area (Å²) in [6, 6.07) is 8.75. The Morgan fingerprint density at radius 3 is 2.57 bits per heavy atom. The molecular weight excluding hydrogens is 599 g/mol. The molecule has 1 N–H and O–H groups in total. The first kappa shape index (κ1) is 30.1. The maximum Gasteiger partial charge on any atom is 0.327 e. The van der Waals surface area contributed by atoms with Gasteiger partial charge >= 0.3 is 5.97 Å². The summed E-state index contributed by atoms with van der Waals surface area (Å²) in [5.41, 5.74) is 1.59. The summed E-state index contributed by atoms with van der Waals surface area (Å²) in [6.45, 7) is 6.51. The SMILES string of the molecule is Cc1cn(-c2cc(C(=O)NC3CC3)ccn2)c2ccc(N(CC(=O)OC(C)(C)C)S(=O)(=O)C3C=C(Cl)C=C(Cl)C3)cc12. The summed E-state index contributed by atoms with van der Waals surface area (Å²) in [6.07, 6.45) is 8.39. The zero-order chi connectivity index (χ0) is 30.4. The van der Waals surface area contributed by atoms with Crippen LogP contribution in [0.4, 0.5) is 5.69 Å². The van der Waals surface area contributed by atoms with Crippen molar-refractivity contribution >= 4 is 61.7 Å². The molecule has 1 fully saturated rings. The number of benzene rings is 1. The van der Waals surface area contributed by atoms with Gasteiger partial charge in [-0.15, -0.1) is 0 Å². The molecular formula is C30H32Cl2N4O5S. The molecule has 0 spiro atoms. The van der Waals surface area contributed by atoms with Crippen molar-refractivity contribution < 1.29 is 22.7 Å². The highest BCUT2D eigenvalue weighted by Crippen LogP contribution is 2.34. The van der Waals surface area contributed by atoms with Gasteiger partial charge in [0.2, 0.25) is 10.0 Å². The van der Waals surface area contributed by atoms with E-state index in [-0.39, 0.29) is 29.1 Å². The maximum atomic E-state index is 14.0. The van der Waals surface area contributed by atoms with Gasteiger partial charge in [-0.25, -0.2) is 13.4 Å². The molecule has 0 radical (unpaired) electrons. The maximum absolute atomic E-state index is 14.0. The number of sulfonamides is 1. The molecule has 2 aliphatic carbocycles. The normalized spacial score (nSPS) is 17.4. The van der Waals surface area contributed by atoms with Crippen molar-refractivity contribution in [2.45, 2.75) is 63.9 Å².